The number of hydrogen-bond acceptors (Lipinski definition) is 4. The fraction of sp³-hybridized carbons (Fsp3) is 0.933. The molecule has 0 spiro atoms. The molecule has 3 rings (SSSR count). The molecule has 8 atom stereocenters. The first-order chi connectivity index (χ1) is 9.04. The quantitative estimate of drug-likeness (QED) is 0.785. The van der Waals surface area contributed by atoms with Crippen LogP contribution in [0.3, 0.4) is 0 Å². The van der Waals surface area contributed by atoms with E-state index < -0.39 is 6.10 Å². The van der Waals surface area contributed by atoms with Crippen LogP contribution in [0, 0.1) is 29.6 Å². The van der Waals surface area contributed by atoms with E-state index in [2.05, 4.69) is 6.92 Å². The molecular weight excluding hydrogens is 244 g/mol. The van der Waals surface area contributed by atoms with Gasteiger partial charge in [-0.25, -0.2) is 0 Å². The zero-order chi connectivity index (χ0) is 13.7. The van der Waals surface area contributed by atoms with Gasteiger partial charge in [-0.2, -0.15) is 0 Å². The summed E-state index contributed by atoms with van der Waals surface area (Å²) in [6.45, 7) is 4.12. The van der Waals surface area contributed by atoms with Crippen molar-refractivity contribution >= 4 is 5.78 Å². The summed E-state index contributed by atoms with van der Waals surface area (Å²) in [6.07, 6.45) is 2.26. The summed E-state index contributed by atoms with van der Waals surface area (Å²) in [7, 11) is 1.67. The van der Waals surface area contributed by atoms with Gasteiger partial charge >= 0.3 is 0 Å². The van der Waals surface area contributed by atoms with Crippen molar-refractivity contribution in [1.82, 2.24) is 0 Å². The van der Waals surface area contributed by atoms with Crippen molar-refractivity contribution < 1.29 is 19.4 Å². The predicted octanol–water partition coefficient (Wildman–Crippen LogP) is 1.61. The minimum atomic E-state index is -0.793. The fourth-order valence-corrected chi connectivity index (χ4v) is 4.62. The molecule has 1 unspecified atom stereocenters. The number of fused-ring (bicyclic) bond motifs is 3. The van der Waals surface area contributed by atoms with Gasteiger partial charge in [-0.3, -0.25) is 4.79 Å². The molecule has 19 heavy (non-hydrogen) atoms. The maximum atomic E-state index is 12.1. The maximum absolute atomic E-state index is 12.1. The number of Topliss-reactive ketones (excluding diaryl/α,β-unsaturated/α-hetero) is 1. The lowest BCUT2D eigenvalue weighted by atomic mass is 9.78. The molecule has 0 bridgehead atoms. The summed E-state index contributed by atoms with van der Waals surface area (Å²) in [5.41, 5.74) is 0. The zero-order valence-electron chi connectivity index (χ0n) is 11.9. The van der Waals surface area contributed by atoms with E-state index in [4.69, 9.17) is 9.47 Å². The summed E-state index contributed by atoms with van der Waals surface area (Å²) >= 11 is 0. The predicted molar refractivity (Wildman–Crippen MR) is 69.3 cm³/mol. The topological polar surface area (TPSA) is 55.8 Å². The molecule has 4 nitrogen and oxygen atoms in total. The van der Waals surface area contributed by atoms with Gasteiger partial charge in [-0.15, -0.1) is 0 Å². The molecule has 2 aliphatic carbocycles. The van der Waals surface area contributed by atoms with Gasteiger partial charge in [0, 0.05) is 31.3 Å². The van der Waals surface area contributed by atoms with E-state index in [1.54, 1.807) is 7.11 Å². The first kappa shape index (κ1) is 13.5. The molecule has 4 heteroatoms. The monoisotopic (exact) mass is 268 g/mol. The molecule has 3 fully saturated rings. The number of carbonyl (C=O) groups excluding carboxylic acids is 1. The molecule has 0 aromatic carbocycles. The van der Waals surface area contributed by atoms with E-state index in [1.807, 2.05) is 6.92 Å². The van der Waals surface area contributed by atoms with Crippen LogP contribution in [0.15, 0.2) is 0 Å². The minimum Gasteiger partial charge on any atom is -0.385 e. The maximum Gasteiger partial charge on any atom is 0.164 e. The Morgan fingerprint density at radius 1 is 1.26 bits per heavy atom. The Morgan fingerprint density at radius 3 is 2.68 bits per heavy atom. The van der Waals surface area contributed by atoms with Gasteiger partial charge in [-0.1, -0.05) is 13.8 Å². The summed E-state index contributed by atoms with van der Waals surface area (Å²) in [6, 6.07) is 0. The molecule has 1 aliphatic heterocycles. The lowest BCUT2D eigenvalue weighted by Gasteiger charge is -2.30. The molecule has 1 heterocycles. The Kier molecular flexibility index (Phi) is 3.44. The van der Waals surface area contributed by atoms with Crippen LogP contribution >= 0.6 is 0 Å². The number of aliphatic hydroxyl groups excluding tert-OH is 1. The van der Waals surface area contributed by atoms with Crippen LogP contribution in [0.2, 0.25) is 0 Å². The molecule has 0 aromatic rings. The van der Waals surface area contributed by atoms with Gasteiger partial charge in [0.05, 0.1) is 6.10 Å². The summed E-state index contributed by atoms with van der Waals surface area (Å²) in [5, 5.41) is 10.3. The Bertz CT molecular complexity index is 369. The number of ketones is 1. The Hall–Kier alpha value is -0.450. The number of ether oxygens (including phenoxy) is 2. The lowest BCUT2D eigenvalue weighted by molar-refractivity contribution is -0.138. The van der Waals surface area contributed by atoms with Crippen LogP contribution in [0.1, 0.15) is 33.1 Å². The Morgan fingerprint density at radius 2 is 2.00 bits per heavy atom. The van der Waals surface area contributed by atoms with E-state index in [-0.39, 0.29) is 35.9 Å². The molecule has 1 N–H and O–H groups in total. The zero-order valence-corrected chi connectivity index (χ0v) is 11.9. The Balaban J connectivity index is 1.92. The van der Waals surface area contributed by atoms with Crippen molar-refractivity contribution in [3.8, 4) is 0 Å². The smallest absolute Gasteiger partial charge is 0.164 e. The van der Waals surface area contributed by atoms with Gasteiger partial charge < -0.3 is 14.6 Å². The summed E-state index contributed by atoms with van der Waals surface area (Å²) < 4.78 is 11.4. The highest BCUT2D eigenvalue weighted by Gasteiger charge is 2.57. The van der Waals surface area contributed by atoms with Crippen LogP contribution in [0.4, 0.5) is 0 Å². The van der Waals surface area contributed by atoms with Gasteiger partial charge in [0.1, 0.15) is 6.10 Å². The molecule has 0 amide bonds. The summed E-state index contributed by atoms with van der Waals surface area (Å²) in [5.74, 6) is 1.00. The molecule has 0 aromatic heterocycles. The van der Waals surface area contributed by atoms with Crippen molar-refractivity contribution in [3.63, 3.8) is 0 Å². The third-order valence-corrected chi connectivity index (χ3v) is 5.69. The van der Waals surface area contributed by atoms with Crippen LogP contribution in [0.25, 0.3) is 0 Å². The van der Waals surface area contributed by atoms with Gasteiger partial charge in [0.25, 0.3) is 0 Å². The highest BCUT2D eigenvalue weighted by atomic mass is 16.7. The average molecular weight is 268 g/mol. The second-order valence-corrected chi connectivity index (χ2v) is 6.61. The molecule has 2 saturated carbocycles. The van der Waals surface area contributed by atoms with Crippen molar-refractivity contribution in [2.45, 2.75) is 51.6 Å². The molecule has 0 radical (unpaired) electrons. The van der Waals surface area contributed by atoms with Crippen LogP contribution in [-0.2, 0) is 14.3 Å². The SMILES string of the molecule is COC1C[C@@H]2CC[C@H](C)[C@H]3[C@@H]([C@H]2O1)[C@H](C)C(=O)[C@@H]3O. The van der Waals surface area contributed by atoms with Crippen molar-refractivity contribution in [2.75, 3.05) is 7.11 Å². The number of aliphatic hydroxyl groups is 1. The number of rotatable bonds is 1. The van der Waals surface area contributed by atoms with Gasteiger partial charge in [-0.05, 0) is 24.7 Å². The van der Waals surface area contributed by atoms with E-state index >= 15 is 0 Å². The van der Waals surface area contributed by atoms with E-state index in [1.165, 1.54) is 0 Å². The van der Waals surface area contributed by atoms with E-state index in [0.29, 0.717) is 11.8 Å². The number of carbonyl (C=O) groups is 1. The van der Waals surface area contributed by atoms with Crippen molar-refractivity contribution in [3.05, 3.63) is 0 Å². The standard InChI is InChI=1S/C15H24O4/c1-7-4-5-9-6-10(18-3)19-15(9)12-8(2)13(16)14(17)11(7)12/h7-12,14-15,17H,4-6H2,1-3H3/t7-,8-,9-,10?,11-,12-,14+,15-/m0/s1. The highest BCUT2D eigenvalue weighted by Crippen LogP contribution is 2.51. The number of hydrogen-bond donors (Lipinski definition) is 1. The van der Waals surface area contributed by atoms with Crippen LogP contribution in [-0.4, -0.2) is 36.5 Å². The lowest BCUT2D eigenvalue weighted by Crippen LogP contribution is -2.35. The van der Waals surface area contributed by atoms with Crippen molar-refractivity contribution in [2.24, 2.45) is 29.6 Å². The minimum absolute atomic E-state index is 0.00645. The molecule has 1 saturated heterocycles. The summed E-state index contributed by atoms with van der Waals surface area (Å²) in [4.78, 5) is 12.1. The third kappa shape index (κ3) is 1.96. The van der Waals surface area contributed by atoms with Crippen LogP contribution < -0.4 is 0 Å². The van der Waals surface area contributed by atoms with Gasteiger partial charge in [0.2, 0.25) is 0 Å². The molecule has 108 valence electrons. The highest BCUT2D eigenvalue weighted by molar-refractivity contribution is 5.88. The first-order valence-corrected chi connectivity index (χ1v) is 7.44. The van der Waals surface area contributed by atoms with Crippen molar-refractivity contribution in [1.29, 1.82) is 0 Å². The Labute approximate surface area is 114 Å². The first-order valence-electron chi connectivity index (χ1n) is 7.44. The average Bonchev–Trinajstić information content (AvgIpc) is 2.86. The molecular formula is C15H24O4. The van der Waals surface area contributed by atoms with Gasteiger partial charge in [0.15, 0.2) is 12.1 Å². The number of methoxy groups -OCH3 is 1. The largest absolute Gasteiger partial charge is 0.385 e. The second kappa shape index (κ2) is 4.83. The van der Waals surface area contributed by atoms with E-state index in [9.17, 15) is 9.90 Å². The molecule has 3 aliphatic rings. The van der Waals surface area contributed by atoms with Crippen LogP contribution in [0.5, 0.6) is 0 Å². The second-order valence-electron chi connectivity index (χ2n) is 6.61. The third-order valence-electron chi connectivity index (χ3n) is 5.69. The van der Waals surface area contributed by atoms with E-state index in [0.717, 1.165) is 19.3 Å². The fourth-order valence-electron chi connectivity index (χ4n) is 4.62. The normalized spacial score (nSPS) is 53.8.